The summed E-state index contributed by atoms with van der Waals surface area (Å²) < 4.78 is 11.1. The molecular formula is C14H27NO3. The Kier molecular flexibility index (Phi) is 5.01. The van der Waals surface area contributed by atoms with Crippen LogP contribution < -0.4 is 0 Å². The van der Waals surface area contributed by atoms with Gasteiger partial charge in [0.25, 0.3) is 0 Å². The van der Waals surface area contributed by atoms with Gasteiger partial charge in [-0.25, -0.2) is 0 Å². The topological polar surface area (TPSA) is 41.9 Å². The van der Waals surface area contributed by atoms with Crippen LogP contribution in [0, 0.1) is 11.3 Å². The molecule has 18 heavy (non-hydrogen) atoms. The number of hydrogen-bond donors (Lipinski definition) is 1. The van der Waals surface area contributed by atoms with Gasteiger partial charge >= 0.3 is 0 Å². The number of nitrogens with zero attached hydrogens (tertiary/aromatic N) is 1. The molecular weight excluding hydrogens is 230 g/mol. The Bertz CT molecular complexity index is 248. The third-order valence-corrected chi connectivity index (χ3v) is 3.99. The summed E-state index contributed by atoms with van der Waals surface area (Å²) >= 11 is 0. The number of hydrogen-bond acceptors (Lipinski definition) is 4. The van der Waals surface area contributed by atoms with Crippen molar-refractivity contribution in [3.8, 4) is 0 Å². The van der Waals surface area contributed by atoms with E-state index in [-0.39, 0.29) is 12.0 Å². The first-order chi connectivity index (χ1) is 8.63. The summed E-state index contributed by atoms with van der Waals surface area (Å²) in [5, 5.41) is 9.43. The maximum Gasteiger partial charge on any atom is 0.0714 e. The van der Waals surface area contributed by atoms with Crippen LogP contribution in [0.15, 0.2) is 0 Å². The van der Waals surface area contributed by atoms with Crippen molar-refractivity contribution in [2.45, 2.75) is 32.8 Å². The summed E-state index contributed by atoms with van der Waals surface area (Å²) in [4.78, 5) is 2.42. The molecule has 4 nitrogen and oxygen atoms in total. The molecule has 0 radical (unpaired) electrons. The largest absolute Gasteiger partial charge is 0.396 e. The van der Waals surface area contributed by atoms with Crippen molar-refractivity contribution >= 4 is 0 Å². The Labute approximate surface area is 110 Å². The lowest BCUT2D eigenvalue weighted by molar-refractivity contribution is -0.147. The van der Waals surface area contributed by atoms with Gasteiger partial charge in [0.1, 0.15) is 0 Å². The highest BCUT2D eigenvalue weighted by Crippen LogP contribution is 2.29. The highest BCUT2D eigenvalue weighted by atomic mass is 16.5. The molecule has 2 aliphatic heterocycles. The minimum Gasteiger partial charge on any atom is -0.396 e. The molecule has 1 N–H and O–H groups in total. The van der Waals surface area contributed by atoms with Gasteiger partial charge in [0, 0.05) is 26.2 Å². The fourth-order valence-corrected chi connectivity index (χ4v) is 2.64. The van der Waals surface area contributed by atoms with Crippen LogP contribution in [0.1, 0.15) is 26.7 Å². The highest BCUT2D eigenvalue weighted by Gasteiger charge is 2.41. The van der Waals surface area contributed by atoms with E-state index in [1.165, 1.54) is 0 Å². The van der Waals surface area contributed by atoms with Gasteiger partial charge in [-0.1, -0.05) is 13.8 Å². The second-order valence-corrected chi connectivity index (χ2v) is 6.35. The van der Waals surface area contributed by atoms with Crippen molar-refractivity contribution in [2.24, 2.45) is 11.3 Å². The summed E-state index contributed by atoms with van der Waals surface area (Å²) in [7, 11) is 0. The molecule has 106 valence electrons. The Morgan fingerprint density at radius 2 is 2.22 bits per heavy atom. The minimum absolute atomic E-state index is 0.00677. The Balaban J connectivity index is 1.65. The molecule has 0 aromatic rings. The van der Waals surface area contributed by atoms with Crippen molar-refractivity contribution in [2.75, 3.05) is 46.1 Å². The predicted octanol–water partition coefficient (Wildman–Crippen LogP) is 1.13. The molecule has 2 rings (SSSR count). The lowest BCUT2D eigenvalue weighted by Crippen LogP contribution is -2.53. The molecule has 0 spiro atoms. The van der Waals surface area contributed by atoms with E-state index in [9.17, 15) is 5.11 Å². The van der Waals surface area contributed by atoms with Crippen LogP contribution in [0.5, 0.6) is 0 Å². The van der Waals surface area contributed by atoms with Crippen molar-refractivity contribution in [1.29, 1.82) is 0 Å². The van der Waals surface area contributed by atoms with Crippen molar-refractivity contribution in [3.05, 3.63) is 0 Å². The molecule has 1 atom stereocenters. The zero-order chi connectivity index (χ0) is 13.0. The summed E-state index contributed by atoms with van der Waals surface area (Å²) in [5.74, 6) is 0.715. The van der Waals surface area contributed by atoms with Gasteiger partial charge in [0.15, 0.2) is 0 Å². The van der Waals surface area contributed by atoms with Gasteiger partial charge in [-0.15, -0.1) is 0 Å². The minimum atomic E-state index is 0.00677. The number of likely N-dealkylation sites (tertiary alicyclic amines) is 1. The normalized spacial score (nSPS) is 27.7. The predicted molar refractivity (Wildman–Crippen MR) is 70.6 cm³/mol. The maximum absolute atomic E-state index is 9.43. The van der Waals surface area contributed by atoms with Crippen LogP contribution in [0.25, 0.3) is 0 Å². The fraction of sp³-hybridized carbons (Fsp3) is 1.00. The quantitative estimate of drug-likeness (QED) is 0.742. The van der Waals surface area contributed by atoms with E-state index in [1.807, 2.05) is 0 Å². The average molecular weight is 257 g/mol. The van der Waals surface area contributed by atoms with Crippen LogP contribution in [-0.4, -0.2) is 62.2 Å². The molecule has 2 saturated heterocycles. The van der Waals surface area contributed by atoms with Crippen LogP contribution in [-0.2, 0) is 9.47 Å². The lowest BCUT2D eigenvalue weighted by Gasteiger charge is -2.42. The van der Waals surface area contributed by atoms with Gasteiger partial charge in [-0.2, -0.15) is 0 Å². The van der Waals surface area contributed by atoms with Gasteiger partial charge in [-0.05, 0) is 18.8 Å². The van der Waals surface area contributed by atoms with E-state index in [1.54, 1.807) is 0 Å². The van der Waals surface area contributed by atoms with Gasteiger partial charge < -0.3 is 14.6 Å². The second kappa shape index (κ2) is 6.33. The SMILES string of the molecule is CC(C)CCOC1CCN(CC2(CO)COC2)C1. The monoisotopic (exact) mass is 257 g/mol. The standard InChI is InChI=1S/C14H27NO3/c1-12(2)4-6-18-13-3-5-15(7-13)8-14(9-16)10-17-11-14/h12-13,16H,3-11H2,1-2H3. The van der Waals surface area contributed by atoms with E-state index in [2.05, 4.69) is 18.7 Å². The van der Waals surface area contributed by atoms with E-state index < -0.39 is 0 Å². The number of aliphatic hydroxyl groups is 1. The lowest BCUT2D eigenvalue weighted by atomic mass is 9.86. The molecule has 0 aliphatic carbocycles. The summed E-state index contributed by atoms with van der Waals surface area (Å²) in [6.45, 7) is 10.0. The molecule has 2 heterocycles. The zero-order valence-corrected chi connectivity index (χ0v) is 11.7. The molecule has 2 aliphatic rings. The van der Waals surface area contributed by atoms with E-state index in [0.717, 1.165) is 39.1 Å². The summed E-state index contributed by atoms with van der Waals surface area (Å²) in [6, 6.07) is 0. The summed E-state index contributed by atoms with van der Waals surface area (Å²) in [6.07, 6.45) is 2.66. The van der Waals surface area contributed by atoms with Crippen molar-refractivity contribution in [1.82, 2.24) is 4.90 Å². The van der Waals surface area contributed by atoms with Gasteiger partial charge in [-0.3, -0.25) is 4.90 Å². The molecule has 4 heteroatoms. The van der Waals surface area contributed by atoms with E-state index in [4.69, 9.17) is 9.47 Å². The Morgan fingerprint density at radius 3 is 2.78 bits per heavy atom. The van der Waals surface area contributed by atoms with Crippen molar-refractivity contribution < 1.29 is 14.6 Å². The first-order valence-electron chi connectivity index (χ1n) is 7.16. The molecule has 0 aromatic heterocycles. The molecule has 0 aromatic carbocycles. The van der Waals surface area contributed by atoms with Crippen molar-refractivity contribution in [3.63, 3.8) is 0 Å². The van der Waals surface area contributed by atoms with E-state index in [0.29, 0.717) is 25.2 Å². The average Bonchev–Trinajstić information content (AvgIpc) is 2.71. The number of ether oxygens (including phenoxy) is 2. The molecule has 2 fully saturated rings. The summed E-state index contributed by atoms with van der Waals surface area (Å²) in [5.41, 5.74) is 0.00677. The third kappa shape index (κ3) is 3.67. The Hall–Kier alpha value is -0.160. The Morgan fingerprint density at radius 1 is 1.44 bits per heavy atom. The second-order valence-electron chi connectivity index (χ2n) is 6.35. The van der Waals surface area contributed by atoms with Crippen LogP contribution in [0.2, 0.25) is 0 Å². The van der Waals surface area contributed by atoms with Crippen LogP contribution >= 0.6 is 0 Å². The fourth-order valence-electron chi connectivity index (χ4n) is 2.64. The van der Waals surface area contributed by atoms with Crippen LogP contribution in [0.4, 0.5) is 0 Å². The first kappa shape index (κ1) is 14.3. The maximum atomic E-state index is 9.43. The number of rotatable bonds is 7. The zero-order valence-electron chi connectivity index (χ0n) is 11.7. The molecule has 1 unspecified atom stereocenters. The molecule has 0 saturated carbocycles. The van der Waals surface area contributed by atoms with Crippen LogP contribution in [0.3, 0.4) is 0 Å². The number of aliphatic hydroxyl groups excluding tert-OH is 1. The van der Waals surface area contributed by atoms with E-state index >= 15 is 0 Å². The third-order valence-electron chi connectivity index (χ3n) is 3.99. The van der Waals surface area contributed by atoms with Gasteiger partial charge in [0.2, 0.25) is 0 Å². The molecule has 0 amide bonds. The first-order valence-corrected chi connectivity index (χ1v) is 7.16. The smallest absolute Gasteiger partial charge is 0.0714 e. The highest BCUT2D eigenvalue weighted by molar-refractivity contribution is 4.90. The molecule has 0 bridgehead atoms. The van der Waals surface area contributed by atoms with Gasteiger partial charge in [0.05, 0.1) is 31.3 Å².